The summed E-state index contributed by atoms with van der Waals surface area (Å²) < 4.78 is 11.2. The number of hydrogen-bond acceptors (Lipinski definition) is 3. The third kappa shape index (κ3) is 10.4. The van der Waals surface area contributed by atoms with Crippen molar-refractivity contribution in [3.05, 3.63) is 0 Å². The molecule has 0 aromatic rings. The van der Waals surface area contributed by atoms with E-state index in [-0.39, 0.29) is 0 Å². The lowest BCUT2D eigenvalue weighted by Gasteiger charge is -2.14. The molecule has 0 spiro atoms. The number of hydrogen-bond donors (Lipinski definition) is 1. The van der Waals surface area contributed by atoms with Gasteiger partial charge >= 0.3 is 9.28 Å². The van der Waals surface area contributed by atoms with Crippen molar-refractivity contribution in [1.29, 1.82) is 0 Å². The van der Waals surface area contributed by atoms with Gasteiger partial charge in [0.1, 0.15) is 0 Å². The first-order valence-corrected chi connectivity index (χ1v) is 8.04. The molecule has 0 bridgehead atoms. The summed E-state index contributed by atoms with van der Waals surface area (Å²) in [5, 5.41) is 0. The fraction of sp³-hybridized carbons (Fsp3) is 1.00. The summed E-state index contributed by atoms with van der Waals surface area (Å²) in [6.45, 7) is 6.50. The van der Waals surface area contributed by atoms with Crippen LogP contribution in [-0.2, 0) is 8.85 Å². The van der Waals surface area contributed by atoms with E-state index in [9.17, 15) is 0 Å². The van der Waals surface area contributed by atoms with Crippen molar-refractivity contribution in [2.24, 2.45) is 5.73 Å². The van der Waals surface area contributed by atoms with Crippen molar-refractivity contribution >= 4 is 9.28 Å². The van der Waals surface area contributed by atoms with Crippen LogP contribution in [0.2, 0.25) is 6.04 Å². The summed E-state index contributed by atoms with van der Waals surface area (Å²) in [6.07, 6.45) is 6.28. The van der Waals surface area contributed by atoms with Crippen LogP contribution in [0.15, 0.2) is 0 Å². The summed E-state index contributed by atoms with van der Waals surface area (Å²) >= 11 is 0. The van der Waals surface area contributed by atoms with Gasteiger partial charge in [-0.15, -0.1) is 0 Å². The lowest BCUT2D eigenvalue weighted by atomic mass is 10.2. The quantitative estimate of drug-likeness (QED) is 0.439. The van der Waals surface area contributed by atoms with Crippen molar-refractivity contribution < 1.29 is 8.85 Å². The minimum Gasteiger partial charge on any atom is -0.397 e. The first-order valence-electron chi connectivity index (χ1n) is 6.28. The van der Waals surface area contributed by atoms with Crippen LogP contribution in [0.5, 0.6) is 0 Å². The minimum atomic E-state index is -1.32. The molecule has 0 saturated carbocycles. The Morgan fingerprint density at radius 2 is 1.40 bits per heavy atom. The van der Waals surface area contributed by atoms with Crippen molar-refractivity contribution in [3.63, 3.8) is 0 Å². The molecule has 3 nitrogen and oxygen atoms in total. The van der Waals surface area contributed by atoms with Crippen LogP contribution < -0.4 is 5.73 Å². The van der Waals surface area contributed by atoms with Crippen molar-refractivity contribution in [1.82, 2.24) is 0 Å². The second kappa shape index (κ2) is 12.2. The van der Waals surface area contributed by atoms with Crippen molar-refractivity contribution in [3.8, 4) is 0 Å². The van der Waals surface area contributed by atoms with Crippen LogP contribution in [0.4, 0.5) is 0 Å². The van der Waals surface area contributed by atoms with E-state index in [1.54, 1.807) is 0 Å². The van der Waals surface area contributed by atoms with Crippen LogP contribution in [0.1, 0.15) is 46.0 Å². The largest absolute Gasteiger partial charge is 0.397 e. The zero-order valence-corrected chi connectivity index (χ0v) is 11.5. The predicted molar refractivity (Wildman–Crippen MR) is 67.3 cm³/mol. The average molecular weight is 233 g/mol. The molecular formula is C11H27NO2Si. The Hall–Kier alpha value is 0.0969. The zero-order valence-electron chi connectivity index (χ0n) is 10.3. The molecule has 0 atom stereocenters. The van der Waals surface area contributed by atoms with Gasteiger partial charge in [-0.1, -0.05) is 25.7 Å². The molecule has 0 fully saturated rings. The Morgan fingerprint density at radius 3 is 1.93 bits per heavy atom. The van der Waals surface area contributed by atoms with Gasteiger partial charge < -0.3 is 14.6 Å². The van der Waals surface area contributed by atoms with Gasteiger partial charge in [-0.3, -0.25) is 0 Å². The first-order chi connectivity index (χ1) is 7.35. The maximum Gasteiger partial charge on any atom is 0.321 e. The summed E-state index contributed by atoms with van der Waals surface area (Å²) in [6, 6.07) is 1.16. The second-order valence-corrected chi connectivity index (χ2v) is 5.79. The lowest BCUT2D eigenvalue weighted by Crippen LogP contribution is -2.22. The molecule has 0 unspecified atom stereocenters. The number of unbranched alkanes of at least 4 members (excludes halogenated alkanes) is 4. The molecule has 4 heteroatoms. The Balaban J connectivity index is 3.28. The van der Waals surface area contributed by atoms with Crippen LogP contribution in [0, 0.1) is 0 Å². The Morgan fingerprint density at radius 1 is 0.867 bits per heavy atom. The second-order valence-electron chi connectivity index (χ2n) is 3.69. The van der Waals surface area contributed by atoms with Gasteiger partial charge in [0, 0.05) is 13.2 Å². The highest BCUT2D eigenvalue weighted by atomic mass is 28.3. The van der Waals surface area contributed by atoms with Crippen LogP contribution in [-0.4, -0.2) is 29.0 Å². The molecule has 0 rings (SSSR count). The van der Waals surface area contributed by atoms with Crippen LogP contribution in [0.3, 0.4) is 0 Å². The molecule has 0 aliphatic rings. The molecule has 15 heavy (non-hydrogen) atoms. The first kappa shape index (κ1) is 15.1. The van der Waals surface area contributed by atoms with E-state index in [4.69, 9.17) is 14.6 Å². The molecule has 0 saturated heterocycles. The van der Waals surface area contributed by atoms with E-state index < -0.39 is 9.28 Å². The SMILES string of the molecule is CCO[SiH](CCCCCCCN)OCC. The fourth-order valence-corrected chi connectivity index (χ4v) is 3.37. The normalized spacial score (nSPS) is 11.2. The van der Waals surface area contributed by atoms with Gasteiger partial charge in [-0.05, 0) is 32.9 Å². The molecule has 0 aliphatic heterocycles. The average Bonchev–Trinajstić information content (AvgIpc) is 2.24. The van der Waals surface area contributed by atoms with Gasteiger partial charge in [0.2, 0.25) is 0 Å². The molecule has 0 aromatic carbocycles. The standard InChI is InChI=1S/C11H27NO2Si/c1-3-13-15(14-4-2)11-9-7-5-6-8-10-12/h15H,3-12H2,1-2H3. The minimum absolute atomic E-state index is 0.796. The summed E-state index contributed by atoms with van der Waals surface area (Å²) in [5.41, 5.74) is 5.44. The Kier molecular flexibility index (Phi) is 12.2. The van der Waals surface area contributed by atoms with Gasteiger partial charge in [-0.2, -0.15) is 0 Å². The molecule has 0 aliphatic carbocycles. The molecule has 0 aromatic heterocycles. The molecule has 2 N–H and O–H groups in total. The molecule has 0 heterocycles. The van der Waals surface area contributed by atoms with E-state index in [0.717, 1.165) is 32.2 Å². The van der Waals surface area contributed by atoms with E-state index in [1.165, 1.54) is 25.7 Å². The van der Waals surface area contributed by atoms with Gasteiger partial charge in [-0.25, -0.2) is 0 Å². The van der Waals surface area contributed by atoms with E-state index in [0.29, 0.717) is 0 Å². The van der Waals surface area contributed by atoms with Gasteiger partial charge in [0.15, 0.2) is 0 Å². The van der Waals surface area contributed by atoms with Crippen LogP contribution >= 0.6 is 0 Å². The fourth-order valence-electron chi connectivity index (χ4n) is 1.57. The van der Waals surface area contributed by atoms with Gasteiger partial charge in [0.25, 0.3) is 0 Å². The Labute approximate surface area is 96.2 Å². The number of nitrogens with two attached hydrogens (primary N) is 1. The van der Waals surface area contributed by atoms with Crippen LogP contribution in [0.25, 0.3) is 0 Å². The highest BCUT2D eigenvalue weighted by Crippen LogP contribution is 2.09. The third-order valence-corrected chi connectivity index (χ3v) is 4.64. The molecule has 0 radical (unpaired) electrons. The van der Waals surface area contributed by atoms with Crippen molar-refractivity contribution in [2.45, 2.75) is 52.0 Å². The molecule has 0 amide bonds. The maximum atomic E-state index is 5.61. The highest BCUT2D eigenvalue weighted by molar-refractivity contribution is 6.44. The Bertz CT molecular complexity index is 119. The van der Waals surface area contributed by atoms with E-state index in [2.05, 4.69) is 0 Å². The topological polar surface area (TPSA) is 44.5 Å². The third-order valence-electron chi connectivity index (χ3n) is 2.35. The van der Waals surface area contributed by atoms with E-state index >= 15 is 0 Å². The maximum absolute atomic E-state index is 5.61. The highest BCUT2D eigenvalue weighted by Gasteiger charge is 2.10. The monoisotopic (exact) mass is 233 g/mol. The zero-order chi connectivity index (χ0) is 11.4. The summed E-state index contributed by atoms with van der Waals surface area (Å²) in [5.74, 6) is 0. The molecular weight excluding hydrogens is 206 g/mol. The van der Waals surface area contributed by atoms with E-state index in [1.807, 2.05) is 13.8 Å². The summed E-state index contributed by atoms with van der Waals surface area (Å²) in [7, 11) is -1.32. The summed E-state index contributed by atoms with van der Waals surface area (Å²) in [4.78, 5) is 0. The smallest absolute Gasteiger partial charge is 0.321 e. The lowest BCUT2D eigenvalue weighted by molar-refractivity contribution is 0.212. The van der Waals surface area contributed by atoms with Crippen molar-refractivity contribution in [2.75, 3.05) is 19.8 Å². The predicted octanol–water partition coefficient (Wildman–Crippen LogP) is 2.19. The number of rotatable bonds is 11. The van der Waals surface area contributed by atoms with Gasteiger partial charge in [0.05, 0.1) is 0 Å². The molecule has 92 valence electrons.